The number of carbonyl (C=O) groups excluding carboxylic acids is 2. The Bertz CT molecular complexity index is 897. The Morgan fingerprint density at radius 3 is 2.27 bits per heavy atom. The van der Waals surface area contributed by atoms with Gasteiger partial charge in [0, 0.05) is 21.7 Å². The zero-order valence-corrected chi connectivity index (χ0v) is 16.9. The first-order valence-electron chi connectivity index (χ1n) is 7.76. The minimum Gasteiger partial charge on any atom is -1.00 e. The van der Waals surface area contributed by atoms with Crippen LogP contribution in [0.25, 0.3) is 0 Å². The highest BCUT2D eigenvalue weighted by Gasteiger charge is 2.13. The van der Waals surface area contributed by atoms with Crippen LogP contribution < -0.4 is 26.9 Å². The Balaban J connectivity index is 0.00000243. The molecule has 0 saturated carbocycles. The van der Waals surface area contributed by atoms with E-state index in [9.17, 15) is 9.59 Å². The molecule has 3 aromatic rings. The Morgan fingerprint density at radius 2 is 1.58 bits per heavy atom. The fourth-order valence-corrected chi connectivity index (χ4v) is 2.64. The van der Waals surface area contributed by atoms with Crippen molar-refractivity contribution in [3.63, 3.8) is 0 Å². The van der Waals surface area contributed by atoms with E-state index in [4.69, 9.17) is 0 Å². The number of nitrogens with zero attached hydrogens (tertiary/aromatic N) is 1. The SMILES string of the molecule is O=C(C[n+]1cccc(NC(=O)c2ccccc2)c1)c1ccc(Br)cc1.[Br-]. The standard InChI is InChI=1S/C20H15BrN2O2.BrH/c21-17-10-8-15(9-11-17)19(24)14-23-12-4-7-18(13-23)22-20(25)16-5-2-1-3-6-16;/h1-13H,14H2;1H. The first-order chi connectivity index (χ1) is 12.1. The number of amides is 1. The highest BCUT2D eigenvalue weighted by Crippen LogP contribution is 2.11. The summed E-state index contributed by atoms with van der Waals surface area (Å²) < 4.78 is 2.69. The topological polar surface area (TPSA) is 50.0 Å². The molecular weight excluding hydrogens is 460 g/mol. The third kappa shape index (κ3) is 5.34. The van der Waals surface area contributed by atoms with E-state index >= 15 is 0 Å². The van der Waals surface area contributed by atoms with Gasteiger partial charge >= 0.3 is 0 Å². The van der Waals surface area contributed by atoms with Crippen molar-refractivity contribution < 1.29 is 31.1 Å². The van der Waals surface area contributed by atoms with Gasteiger partial charge in [-0.3, -0.25) is 9.59 Å². The number of hydrogen-bond donors (Lipinski definition) is 1. The van der Waals surface area contributed by atoms with E-state index < -0.39 is 0 Å². The molecule has 0 bridgehead atoms. The molecule has 1 amide bonds. The maximum atomic E-state index is 12.4. The number of ketones is 1. The summed E-state index contributed by atoms with van der Waals surface area (Å²) >= 11 is 3.36. The average Bonchev–Trinajstić information content (AvgIpc) is 2.63. The zero-order valence-electron chi connectivity index (χ0n) is 13.7. The number of anilines is 1. The molecule has 0 fully saturated rings. The van der Waals surface area contributed by atoms with Gasteiger partial charge in [0.1, 0.15) is 5.69 Å². The maximum absolute atomic E-state index is 12.4. The largest absolute Gasteiger partial charge is 1.00 e. The van der Waals surface area contributed by atoms with Crippen LogP contribution in [0.4, 0.5) is 5.69 Å². The van der Waals surface area contributed by atoms with Crippen molar-refractivity contribution in [2.45, 2.75) is 6.54 Å². The summed E-state index contributed by atoms with van der Waals surface area (Å²) in [5.74, 6) is -0.179. The van der Waals surface area contributed by atoms with E-state index in [2.05, 4.69) is 21.2 Å². The van der Waals surface area contributed by atoms with Crippen molar-refractivity contribution in [1.29, 1.82) is 0 Å². The zero-order chi connectivity index (χ0) is 17.6. The molecule has 0 aliphatic rings. The number of benzene rings is 2. The molecule has 0 aliphatic heterocycles. The predicted molar refractivity (Wildman–Crippen MR) is 99.5 cm³/mol. The number of hydrogen-bond acceptors (Lipinski definition) is 2. The van der Waals surface area contributed by atoms with Crippen LogP contribution in [0.3, 0.4) is 0 Å². The fourth-order valence-electron chi connectivity index (χ4n) is 2.38. The average molecular weight is 476 g/mol. The van der Waals surface area contributed by atoms with Crippen LogP contribution in [0.5, 0.6) is 0 Å². The highest BCUT2D eigenvalue weighted by molar-refractivity contribution is 9.10. The lowest BCUT2D eigenvalue weighted by Gasteiger charge is -2.04. The summed E-state index contributed by atoms with van der Waals surface area (Å²) in [6.45, 7) is 0.205. The lowest BCUT2D eigenvalue weighted by molar-refractivity contribution is -0.682. The second-order valence-corrected chi connectivity index (χ2v) is 6.43. The third-order valence-corrected chi connectivity index (χ3v) is 4.17. The van der Waals surface area contributed by atoms with Gasteiger partial charge in [-0.25, -0.2) is 0 Å². The Hall–Kier alpha value is -2.31. The first-order valence-corrected chi connectivity index (χ1v) is 8.55. The van der Waals surface area contributed by atoms with Crippen LogP contribution in [0.1, 0.15) is 20.7 Å². The van der Waals surface area contributed by atoms with Crippen molar-refractivity contribution in [3.8, 4) is 0 Å². The normalized spacial score (nSPS) is 9.88. The minimum absolute atomic E-state index is 0. The van der Waals surface area contributed by atoms with Crippen LogP contribution in [0.15, 0.2) is 83.6 Å². The smallest absolute Gasteiger partial charge is 0.255 e. The highest BCUT2D eigenvalue weighted by atomic mass is 79.9. The number of pyridine rings is 1. The van der Waals surface area contributed by atoms with Gasteiger partial charge in [-0.1, -0.05) is 46.3 Å². The molecule has 0 spiro atoms. The second kappa shape index (κ2) is 9.40. The van der Waals surface area contributed by atoms with E-state index in [0.717, 1.165) is 4.47 Å². The Morgan fingerprint density at radius 1 is 0.885 bits per heavy atom. The van der Waals surface area contributed by atoms with Gasteiger partial charge in [0.15, 0.2) is 12.4 Å². The van der Waals surface area contributed by atoms with Gasteiger partial charge in [0.05, 0.1) is 0 Å². The molecule has 3 rings (SSSR count). The fraction of sp³-hybridized carbons (Fsp3) is 0.0500. The number of Topliss-reactive ketones (excluding diaryl/α,β-unsaturated/α-hetero) is 1. The summed E-state index contributed by atoms with van der Waals surface area (Å²) in [5.41, 5.74) is 1.87. The monoisotopic (exact) mass is 474 g/mol. The lowest BCUT2D eigenvalue weighted by Crippen LogP contribution is -3.00. The molecular formula is C20H16Br2N2O2. The van der Waals surface area contributed by atoms with E-state index in [0.29, 0.717) is 16.8 Å². The number of carbonyl (C=O) groups is 2. The Kier molecular flexibility index (Phi) is 7.24. The predicted octanol–water partition coefficient (Wildman–Crippen LogP) is 0.876. The third-order valence-electron chi connectivity index (χ3n) is 3.64. The second-order valence-electron chi connectivity index (χ2n) is 5.52. The van der Waals surface area contributed by atoms with Gasteiger partial charge in [-0.2, -0.15) is 4.57 Å². The summed E-state index contributed by atoms with van der Waals surface area (Å²) in [7, 11) is 0. The van der Waals surface area contributed by atoms with Crippen molar-refractivity contribution in [3.05, 3.63) is 94.7 Å². The van der Waals surface area contributed by atoms with Gasteiger partial charge < -0.3 is 22.3 Å². The van der Waals surface area contributed by atoms with E-state index in [-0.39, 0.29) is 35.2 Å². The van der Waals surface area contributed by atoms with Gasteiger partial charge in [-0.15, -0.1) is 0 Å². The maximum Gasteiger partial charge on any atom is 0.255 e. The summed E-state index contributed by atoms with van der Waals surface area (Å²) in [6.07, 6.45) is 3.55. The van der Waals surface area contributed by atoms with Crippen LogP contribution in [-0.4, -0.2) is 11.7 Å². The van der Waals surface area contributed by atoms with Crippen molar-refractivity contribution in [1.82, 2.24) is 0 Å². The molecule has 2 aromatic carbocycles. The molecule has 0 radical (unpaired) electrons. The lowest BCUT2D eigenvalue weighted by atomic mass is 10.1. The quantitative estimate of drug-likeness (QED) is 0.440. The molecule has 0 saturated heterocycles. The summed E-state index contributed by atoms with van der Waals surface area (Å²) in [5, 5.41) is 2.84. The van der Waals surface area contributed by atoms with Crippen LogP contribution in [-0.2, 0) is 6.54 Å². The number of nitrogens with one attached hydrogen (secondary N) is 1. The van der Waals surface area contributed by atoms with Crippen molar-refractivity contribution in [2.24, 2.45) is 0 Å². The van der Waals surface area contributed by atoms with E-state index in [1.54, 1.807) is 53.4 Å². The number of aromatic nitrogens is 1. The molecule has 1 aromatic heterocycles. The molecule has 4 nitrogen and oxygen atoms in total. The Labute approximate surface area is 170 Å². The molecule has 1 heterocycles. The van der Waals surface area contributed by atoms with Gasteiger partial charge in [-0.05, 0) is 30.3 Å². The van der Waals surface area contributed by atoms with Gasteiger partial charge in [0.25, 0.3) is 5.91 Å². The van der Waals surface area contributed by atoms with E-state index in [1.165, 1.54) is 0 Å². The van der Waals surface area contributed by atoms with Crippen molar-refractivity contribution in [2.75, 3.05) is 5.32 Å². The molecule has 26 heavy (non-hydrogen) atoms. The molecule has 0 aliphatic carbocycles. The van der Waals surface area contributed by atoms with Crippen LogP contribution >= 0.6 is 15.9 Å². The number of rotatable bonds is 5. The van der Waals surface area contributed by atoms with Crippen molar-refractivity contribution >= 4 is 33.3 Å². The number of halogens is 2. The molecule has 132 valence electrons. The first kappa shape index (κ1) is 20.0. The summed E-state index contributed by atoms with van der Waals surface area (Å²) in [6, 6.07) is 19.9. The molecule has 1 N–H and O–H groups in total. The molecule has 0 atom stereocenters. The van der Waals surface area contributed by atoms with Crippen LogP contribution in [0.2, 0.25) is 0 Å². The molecule has 0 unspecified atom stereocenters. The van der Waals surface area contributed by atoms with Crippen LogP contribution in [0, 0.1) is 0 Å². The minimum atomic E-state index is -0.183. The van der Waals surface area contributed by atoms with E-state index in [1.807, 2.05) is 30.3 Å². The van der Waals surface area contributed by atoms with Gasteiger partial charge in [0.2, 0.25) is 12.3 Å². The summed E-state index contributed by atoms with van der Waals surface area (Å²) in [4.78, 5) is 24.6. The molecule has 6 heteroatoms.